The second kappa shape index (κ2) is 7.62. The van der Waals surface area contributed by atoms with Gasteiger partial charge in [-0.25, -0.2) is 4.98 Å². The topological polar surface area (TPSA) is 67.2 Å². The lowest BCUT2D eigenvalue weighted by Gasteiger charge is -2.23. The number of piperidine rings is 1. The van der Waals surface area contributed by atoms with Crippen LogP contribution < -0.4 is 10.6 Å². The van der Waals surface area contributed by atoms with E-state index in [1.807, 2.05) is 24.3 Å². The summed E-state index contributed by atoms with van der Waals surface area (Å²) in [7, 11) is 0. The smallest absolute Gasteiger partial charge is 0.220 e. The van der Waals surface area contributed by atoms with Gasteiger partial charge in [0.25, 0.3) is 0 Å². The van der Waals surface area contributed by atoms with E-state index in [0.717, 1.165) is 31.5 Å². The number of nitrogens with one attached hydrogen (secondary N) is 2. The number of hydrogen-bond donors (Lipinski definition) is 2. The zero-order valence-electron chi connectivity index (χ0n) is 12.8. The van der Waals surface area contributed by atoms with Gasteiger partial charge >= 0.3 is 0 Å². The maximum Gasteiger partial charge on any atom is 0.220 e. The summed E-state index contributed by atoms with van der Waals surface area (Å²) in [6.07, 6.45) is 4.50. The molecule has 1 aromatic heterocycles. The molecule has 1 fully saturated rings. The molecule has 122 valence electrons. The number of carbonyl (C=O) groups is 1. The number of aryl methyl sites for hydroxylation is 1. The van der Waals surface area contributed by atoms with Gasteiger partial charge in [-0.15, -0.1) is 0 Å². The van der Waals surface area contributed by atoms with Crippen molar-refractivity contribution in [2.75, 3.05) is 13.1 Å². The van der Waals surface area contributed by atoms with E-state index in [1.165, 1.54) is 0 Å². The SMILES string of the molecule is O=C(CCc1ncc(-c2ccccc2Cl)o1)NC1CCNCC1. The number of hydrogen-bond acceptors (Lipinski definition) is 4. The van der Waals surface area contributed by atoms with Gasteiger partial charge < -0.3 is 15.1 Å². The molecule has 1 aliphatic rings. The Morgan fingerprint density at radius 3 is 2.91 bits per heavy atom. The van der Waals surface area contributed by atoms with Crippen molar-refractivity contribution < 1.29 is 9.21 Å². The van der Waals surface area contributed by atoms with Crippen LogP contribution in [0.1, 0.15) is 25.2 Å². The van der Waals surface area contributed by atoms with Crippen molar-refractivity contribution in [1.82, 2.24) is 15.6 Å². The molecule has 0 radical (unpaired) electrons. The lowest BCUT2D eigenvalue weighted by Crippen LogP contribution is -2.42. The monoisotopic (exact) mass is 333 g/mol. The minimum Gasteiger partial charge on any atom is -0.441 e. The Morgan fingerprint density at radius 2 is 2.13 bits per heavy atom. The lowest BCUT2D eigenvalue weighted by atomic mass is 10.1. The summed E-state index contributed by atoms with van der Waals surface area (Å²) in [6, 6.07) is 7.75. The number of benzene rings is 1. The third-order valence-electron chi connectivity index (χ3n) is 3.96. The molecule has 6 heteroatoms. The van der Waals surface area contributed by atoms with Crippen molar-refractivity contribution in [2.45, 2.75) is 31.7 Å². The highest BCUT2D eigenvalue weighted by atomic mass is 35.5. The van der Waals surface area contributed by atoms with Gasteiger partial charge in [0.05, 0.1) is 11.2 Å². The average Bonchev–Trinajstić information content (AvgIpc) is 3.03. The number of oxazole rings is 1. The zero-order valence-corrected chi connectivity index (χ0v) is 13.6. The fourth-order valence-electron chi connectivity index (χ4n) is 2.70. The first-order chi connectivity index (χ1) is 11.2. The second-order valence-electron chi connectivity index (χ2n) is 5.69. The van der Waals surface area contributed by atoms with Crippen molar-refractivity contribution in [1.29, 1.82) is 0 Å². The van der Waals surface area contributed by atoms with Crippen LogP contribution in [-0.4, -0.2) is 30.0 Å². The summed E-state index contributed by atoms with van der Waals surface area (Å²) >= 11 is 6.15. The molecule has 0 atom stereocenters. The molecule has 23 heavy (non-hydrogen) atoms. The average molecular weight is 334 g/mol. The summed E-state index contributed by atoms with van der Waals surface area (Å²) in [6.45, 7) is 1.93. The number of carbonyl (C=O) groups excluding carboxylic acids is 1. The van der Waals surface area contributed by atoms with Crippen LogP contribution in [0.4, 0.5) is 0 Å². The molecule has 2 N–H and O–H groups in total. The highest BCUT2D eigenvalue weighted by molar-refractivity contribution is 6.33. The Hall–Kier alpha value is -1.85. The Labute approximate surface area is 140 Å². The molecule has 0 bridgehead atoms. The number of aromatic nitrogens is 1. The van der Waals surface area contributed by atoms with E-state index in [-0.39, 0.29) is 11.9 Å². The summed E-state index contributed by atoms with van der Waals surface area (Å²) < 4.78 is 5.71. The van der Waals surface area contributed by atoms with Crippen LogP contribution in [0.3, 0.4) is 0 Å². The van der Waals surface area contributed by atoms with Gasteiger partial charge in [0.15, 0.2) is 11.7 Å². The summed E-state index contributed by atoms with van der Waals surface area (Å²) in [5.74, 6) is 1.24. The molecule has 0 aliphatic carbocycles. The normalized spacial score (nSPS) is 15.5. The van der Waals surface area contributed by atoms with Crippen LogP contribution >= 0.6 is 11.6 Å². The van der Waals surface area contributed by atoms with Gasteiger partial charge in [-0.2, -0.15) is 0 Å². The largest absolute Gasteiger partial charge is 0.441 e. The number of rotatable bonds is 5. The lowest BCUT2D eigenvalue weighted by molar-refractivity contribution is -0.122. The first kappa shape index (κ1) is 16.0. The molecular formula is C17H20ClN3O2. The van der Waals surface area contributed by atoms with Crippen molar-refractivity contribution >= 4 is 17.5 Å². The van der Waals surface area contributed by atoms with Gasteiger partial charge in [-0.1, -0.05) is 23.7 Å². The first-order valence-corrected chi connectivity index (χ1v) is 8.30. The minimum absolute atomic E-state index is 0.0504. The van der Waals surface area contributed by atoms with E-state index < -0.39 is 0 Å². The molecule has 2 aromatic rings. The van der Waals surface area contributed by atoms with Gasteiger partial charge in [0, 0.05) is 24.4 Å². The minimum atomic E-state index is 0.0504. The Morgan fingerprint density at radius 1 is 1.35 bits per heavy atom. The van der Waals surface area contributed by atoms with Crippen molar-refractivity contribution in [3.8, 4) is 11.3 Å². The third kappa shape index (κ3) is 4.33. The van der Waals surface area contributed by atoms with Gasteiger partial charge in [0.2, 0.25) is 5.91 Å². The van der Waals surface area contributed by atoms with E-state index in [0.29, 0.717) is 29.5 Å². The Balaban J connectivity index is 1.53. The maximum atomic E-state index is 12.0. The molecule has 0 saturated carbocycles. The van der Waals surface area contributed by atoms with Gasteiger partial charge in [-0.3, -0.25) is 4.79 Å². The van der Waals surface area contributed by atoms with E-state index in [2.05, 4.69) is 15.6 Å². The van der Waals surface area contributed by atoms with Gasteiger partial charge in [-0.05, 0) is 38.1 Å². The standard InChI is InChI=1S/C17H20ClN3O2/c18-14-4-2-1-3-13(14)15-11-20-17(23-15)6-5-16(22)21-12-7-9-19-10-8-12/h1-4,11-12,19H,5-10H2,(H,21,22). The third-order valence-corrected chi connectivity index (χ3v) is 4.29. The summed E-state index contributed by atoms with van der Waals surface area (Å²) in [5, 5.41) is 6.97. The predicted octanol–water partition coefficient (Wildman–Crippen LogP) is 2.80. The maximum absolute atomic E-state index is 12.0. The fourth-order valence-corrected chi connectivity index (χ4v) is 2.93. The van der Waals surface area contributed by atoms with Crippen LogP contribution in [0.5, 0.6) is 0 Å². The van der Waals surface area contributed by atoms with Crippen LogP contribution in [0.2, 0.25) is 5.02 Å². The van der Waals surface area contributed by atoms with Gasteiger partial charge in [0.1, 0.15) is 0 Å². The van der Waals surface area contributed by atoms with Crippen LogP contribution in [0.25, 0.3) is 11.3 Å². The fraction of sp³-hybridized carbons (Fsp3) is 0.412. The summed E-state index contributed by atoms with van der Waals surface area (Å²) in [5.41, 5.74) is 0.812. The molecule has 2 heterocycles. The van der Waals surface area contributed by atoms with Crippen LogP contribution in [-0.2, 0) is 11.2 Å². The van der Waals surface area contributed by atoms with Crippen LogP contribution in [0.15, 0.2) is 34.9 Å². The molecule has 5 nitrogen and oxygen atoms in total. The van der Waals surface area contributed by atoms with Crippen molar-refractivity contribution in [2.24, 2.45) is 0 Å². The summed E-state index contributed by atoms with van der Waals surface area (Å²) in [4.78, 5) is 16.2. The number of amides is 1. The van der Waals surface area contributed by atoms with E-state index in [1.54, 1.807) is 6.20 Å². The molecule has 3 rings (SSSR count). The first-order valence-electron chi connectivity index (χ1n) is 7.92. The molecule has 1 amide bonds. The molecule has 0 unspecified atom stereocenters. The molecular weight excluding hydrogens is 314 g/mol. The Bertz CT molecular complexity index is 665. The zero-order chi connectivity index (χ0) is 16.1. The Kier molecular flexibility index (Phi) is 5.31. The molecule has 0 spiro atoms. The van der Waals surface area contributed by atoms with E-state index in [4.69, 9.17) is 16.0 Å². The highest BCUT2D eigenvalue weighted by Gasteiger charge is 2.16. The molecule has 1 aliphatic heterocycles. The van der Waals surface area contributed by atoms with Crippen molar-refractivity contribution in [3.63, 3.8) is 0 Å². The second-order valence-corrected chi connectivity index (χ2v) is 6.10. The number of halogens is 1. The van der Waals surface area contributed by atoms with Crippen molar-refractivity contribution in [3.05, 3.63) is 41.4 Å². The predicted molar refractivity (Wildman–Crippen MR) is 89.3 cm³/mol. The van der Waals surface area contributed by atoms with Crippen LogP contribution in [0, 0.1) is 0 Å². The van der Waals surface area contributed by atoms with E-state index >= 15 is 0 Å². The quantitative estimate of drug-likeness (QED) is 0.883. The molecule has 1 aromatic carbocycles. The van der Waals surface area contributed by atoms with E-state index in [9.17, 15) is 4.79 Å². The highest BCUT2D eigenvalue weighted by Crippen LogP contribution is 2.28. The molecule has 1 saturated heterocycles. The number of nitrogens with zero attached hydrogens (tertiary/aromatic N) is 1.